The van der Waals surface area contributed by atoms with Crippen molar-refractivity contribution >= 4 is 10.8 Å². The average molecular weight is 385 g/mol. The highest BCUT2D eigenvalue weighted by molar-refractivity contribution is 5.94. The molecule has 0 unspecified atom stereocenters. The Hall–Kier alpha value is -2.15. The van der Waals surface area contributed by atoms with Crippen molar-refractivity contribution < 1.29 is 4.57 Å². The molecule has 0 atom stereocenters. The third-order valence-corrected chi connectivity index (χ3v) is 7.69. The Morgan fingerprint density at radius 3 is 2.07 bits per heavy atom. The number of aromatic nitrogens is 1. The Kier molecular flexibility index (Phi) is 4.18. The molecule has 0 aliphatic heterocycles. The first kappa shape index (κ1) is 18.9. The molecular weight excluding hydrogens is 350 g/mol. The van der Waals surface area contributed by atoms with Crippen LogP contribution in [0.1, 0.15) is 86.2 Å². The van der Waals surface area contributed by atoms with Gasteiger partial charge in [-0.3, -0.25) is 0 Å². The molecule has 0 N–H and O–H groups in total. The van der Waals surface area contributed by atoms with Crippen LogP contribution in [-0.2, 0) is 12.5 Å². The molecule has 0 spiro atoms. The van der Waals surface area contributed by atoms with Crippen LogP contribution in [0, 0.1) is 13.8 Å². The lowest BCUT2D eigenvalue weighted by molar-refractivity contribution is -0.665. The smallest absolute Gasteiger partial charge is 0.198 e. The maximum absolute atomic E-state index is 2.56. The summed E-state index contributed by atoms with van der Waals surface area (Å²) in [6.45, 7) is 11.5. The highest BCUT2D eigenvalue weighted by atomic mass is 14.9. The molecule has 3 aliphatic carbocycles. The molecular formula is C28H34N+. The zero-order chi connectivity index (χ0) is 20.5. The van der Waals surface area contributed by atoms with Crippen molar-refractivity contribution in [2.24, 2.45) is 7.05 Å². The van der Waals surface area contributed by atoms with Gasteiger partial charge in [0.2, 0.25) is 5.69 Å². The second-order valence-corrected chi connectivity index (χ2v) is 10.6. The minimum atomic E-state index is 0.168. The van der Waals surface area contributed by atoms with E-state index in [1.807, 2.05) is 0 Å². The van der Waals surface area contributed by atoms with E-state index in [1.54, 1.807) is 11.1 Å². The Morgan fingerprint density at radius 2 is 1.45 bits per heavy atom. The maximum Gasteiger partial charge on any atom is 0.220 e. The van der Waals surface area contributed by atoms with Gasteiger partial charge in [0, 0.05) is 13.0 Å². The normalized spacial score (nSPS) is 20.9. The summed E-state index contributed by atoms with van der Waals surface area (Å²) < 4.78 is 2.40. The van der Waals surface area contributed by atoms with E-state index in [0.29, 0.717) is 0 Å². The molecule has 0 saturated heterocycles. The van der Waals surface area contributed by atoms with Gasteiger partial charge in [0.25, 0.3) is 0 Å². The molecule has 2 bridgehead atoms. The van der Waals surface area contributed by atoms with E-state index in [-0.39, 0.29) is 5.41 Å². The van der Waals surface area contributed by atoms with Crippen LogP contribution in [0.25, 0.3) is 22.0 Å². The SMILES string of the molecule is Cc1cc2c(cc1-c1c3ccc(C(C)(C)C)cc3cc(C)[n+]1C)C1CCC2CC1. The lowest BCUT2D eigenvalue weighted by Crippen LogP contribution is -2.35. The second kappa shape index (κ2) is 6.42. The van der Waals surface area contributed by atoms with E-state index in [9.17, 15) is 0 Å². The summed E-state index contributed by atoms with van der Waals surface area (Å²) in [5.41, 5.74) is 10.4. The molecule has 1 saturated carbocycles. The van der Waals surface area contributed by atoms with Crippen LogP contribution in [0.5, 0.6) is 0 Å². The molecule has 0 radical (unpaired) electrons. The van der Waals surface area contributed by atoms with Gasteiger partial charge in [-0.1, -0.05) is 39.0 Å². The lowest BCUT2D eigenvalue weighted by atomic mass is 9.66. The largest absolute Gasteiger partial charge is 0.220 e. The van der Waals surface area contributed by atoms with Crippen molar-refractivity contribution in [1.82, 2.24) is 0 Å². The molecule has 150 valence electrons. The van der Waals surface area contributed by atoms with E-state index in [0.717, 1.165) is 11.8 Å². The quantitative estimate of drug-likeness (QED) is 0.398. The average Bonchev–Trinajstić information content (AvgIpc) is 2.69. The number of hydrogen-bond acceptors (Lipinski definition) is 0. The van der Waals surface area contributed by atoms with E-state index in [2.05, 4.69) is 82.6 Å². The van der Waals surface area contributed by atoms with Gasteiger partial charge in [0.1, 0.15) is 7.05 Å². The first-order valence-corrected chi connectivity index (χ1v) is 11.3. The molecule has 29 heavy (non-hydrogen) atoms. The van der Waals surface area contributed by atoms with Crippen molar-refractivity contribution in [2.75, 3.05) is 0 Å². The van der Waals surface area contributed by atoms with Crippen molar-refractivity contribution in [3.63, 3.8) is 0 Å². The van der Waals surface area contributed by atoms with E-state index in [4.69, 9.17) is 0 Å². The maximum atomic E-state index is 2.56. The molecule has 1 nitrogen and oxygen atoms in total. The summed E-state index contributed by atoms with van der Waals surface area (Å²) in [4.78, 5) is 0. The van der Waals surface area contributed by atoms with Crippen LogP contribution in [0.15, 0.2) is 36.4 Å². The third kappa shape index (κ3) is 2.93. The van der Waals surface area contributed by atoms with Crippen LogP contribution in [0.4, 0.5) is 0 Å². The predicted octanol–water partition coefficient (Wildman–Crippen LogP) is 7.00. The van der Waals surface area contributed by atoms with E-state index >= 15 is 0 Å². The molecule has 0 amide bonds. The van der Waals surface area contributed by atoms with Gasteiger partial charge < -0.3 is 0 Å². The standard InChI is InChI=1S/C28H34N/c1-17-13-25-19-7-9-20(10-8-19)26(25)16-24(17)27-23-12-11-22(28(3,4)5)15-21(23)14-18(2)29(27)6/h11-16,19-20H,7-10H2,1-6H3/q+1. The summed E-state index contributed by atoms with van der Waals surface area (Å²) in [6.07, 6.45) is 5.56. The summed E-state index contributed by atoms with van der Waals surface area (Å²) in [5, 5.41) is 2.73. The van der Waals surface area contributed by atoms with Crippen molar-refractivity contribution in [3.05, 3.63) is 64.3 Å². The Morgan fingerprint density at radius 1 is 0.828 bits per heavy atom. The summed E-state index contributed by atoms with van der Waals surface area (Å²) >= 11 is 0. The van der Waals surface area contributed by atoms with Gasteiger partial charge in [-0.2, -0.15) is 4.57 Å². The first-order chi connectivity index (χ1) is 13.7. The molecule has 6 rings (SSSR count). The topological polar surface area (TPSA) is 3.88 Å². The molecule has 1 heteroatoms. The third-order valence-electron chi connectivity index (χ3n) is 7.69. The van der Waals surface area contributed by atoms with Crippen molar-refractivity contribution in [2.45, 2.75) is 77.6 Å². The van der Waals surface area contributed by atoms with Crippen LogP contribution in [0.2, 0.25) is 0 Å². The molecule has 2 aromatic carbocycles. The number of aryl methyl sites for hydroxylation is 2. The minimum absolute atomic E-state index is 0.168. The fourth-order valence-electron chi connectivity index (χ4n) is 5.79. The highest BCUT2D eigenvalue weighted by Crippen LogP contribution is 2.50. The number of hydrogen-bond donors (Lipinski definition) is 0. The van der Waals surface area contributed by atoms with Crippen LogP contribution in [-0.4, -0.2) is 0 Å². The van der Waals surface area contributed by atoms with Crippen LogP contribution in [0.3, 0.4) is 0 Å². The highest BCUT2D eigenvalue weighted by Gasteiger charge is 2.34. The second-order valence-electron chi connectivity index (χ2n) is 10.6. The fourth-order valence-corrected chi connectivity index (χ4v) is 5.79. The Bertz CT molecular complexity index is 1120. The number of benzene rings is 2. The number of rotatable bonds is 1. The Balaban J connectivity index is 1.77. The summed E-state index contributed by atoms with van der Waals surface area (Å²) in [5.74, 6) is 1.59. The van der Waals surface area contributed by atoms with Crippen LogP contribution >= 0.6 is 0 Å². The lowest BCUT2D eigenvalue weighted by Gasteiger charge is -2.38. The molecule has 1 heterocycles. The summed E-state index contributed by atoms with van der Waals surface area (Å²) in [7, 11) is 2.23. The van der Waals surface area contributed by atoms with Gasteiger partial charge in [0.05, 0.1) is 10.9 Å². The van der Waals surface area contributed by atoms with Crippen molar-refractivity contribution in [1.29, 1.82) is 0 Å². The van der Waals surface area contributed by atoms with Gasteiger partial charge >= 0.3 is 0 Å². The molecule has 3 aliphatic rings. The van der Waals surface area contributed by atoms with Gasteiger partial charge in [0.15, 0.2) is 5.69 Å². The van der Waals surface area contributed by atoms with Gasteiger partial charge in [-0.15, -0.1) is 0 Å². The first-order valence-electron chi connectivity index (χ1n) is 11.3. The van der Waals surface area contributed by atoms with Crippen molar-refractivity contribution in [3.8, 4) is 11.3 Å². The molecule has 3 aromatic rings. The summed E-state index contributed by atoms with van der Waals surface area (Å²) in [6, 6.07) is 14.5. The van der Waals surface area contributed by atoms with E-state index in [1.165, 1.54) is 64.5 Å². The fraction of sp³-hybridized carbons (Fsp3) is 0.464. The van der Waals surface area contributed by atoms with Gasteiger partial charge in [-0.05, 0) is 89.6 Å². The zero-order valence-electron chi connectivity index (χ0n) is 18.9. The predicted molar refractivity (Wildman–Crippen MR) is 123 cm³/mol. The Labute approximate surface area is 175 Å². The number of fused-ring (bicyclic) bond motifs is 3. The van der Waals surface area contributed by atoms with Gasteiger partial charge in [-0.25, -0.2) is 0 Å². The monoisotopic (exact) mass is 384 g/mol. The zero-order valence-corrected chi connectivity index (χ0v) is 18.9. The minimum Gasteiger partial charge on any atom is -0.198 e. The number of pyridine rings is 1. The number of nitrogens with zero attached hydrogens (tertiary/aromatic N) is 1. The van der Waals surface area contributed by atoms with E-state index < -0.39 is 0 Å². The van der Waals surface area contributed by atoms with Crippen LogP contribution < -0.4 is 4.57 Å². The molecule has 1 fully saturated rings. The molecule has 1 aromatic heterocycles.